The van der Waals surface area contributed by atoms with Crippen LogP contribution in [0.5, 0.6) is 0 Å². The van der Waals surface area contributed by atoms with Gasteiger partial charge in [-0.05, 0) is 30.3 Å². The molecule has 0 aliphatic carbocycles. The Balaban J connectivity index is 1.79. The van der Waals surface area contributed by atoms with Crippen molar-refractivity contribution in [1.29, 1.82) is 0 Å². The highest BCUT2D eigenvalue weighted by atomic mass is 35.5. The predicted molar refractivity (Wildman–Crippen MR) is 108 cm³/mol. The largest absolute Gasteiger partial charge is 0.322 e. The van der Waals surface area contributed by atoms with Gasteiger partial charge in [-0.15, -0.1) is 0 Å². The number of benzene rings is 3. The fourth-order valence-electron chi connectivity index (χ4n) is 2.92. The second-order valence-electron chi connectivity index (χ2n) is 5.98. The molecule has 0 saturated heterocycles. The Morgan fingerprint density at radius 1 is 0.889 bits per heavy atom. The summed E-state index contributed by atoms with van der Waals surface area (Å²) in [6.45, 7) is 0. The third-order valence-corrected chi connectivity index (χ3v) is 4.38. The van der Waals surface area contributed by atoms with Crippen LogP contribution in [0.2, 0.25) is 5.02 Å². The molecule has 0 unspecified atom stereocenters. The van der Waals surface area contributed by atoms with Gasteiger partial charge in [0.1, 0.15) is 0 Å². The summed E-state index contributed by atoms with van der Waals surface area (Å²) < 4.78 is 1.78. The number of rotatable bonds is 4. The predicted octanol–water partition coefficient (Wildman–Crippen LogP) is 5.45. The van der Waals surface area contributed by atoms with Gasteiger partial charge in [-0.25, -0.2) is 4.68 Å². The molecule has 4 aromatic rings. The number of anilines is 1. The van der Waals surface area contributed by atoms with E-state index in [1.54, 1.807) is 35.1 Å². The Bertz CT molecular complexity index is 1080. The second-order valence-corrected chi connectivity index (χ2v) is 6.42. The number of carbonyl (C=O) groups is 1. The van der Waals surface area contributed by atoms with Crippen LogP contribution in [0.1, 0.15) is 10.4 Å². The number of nitrogens with zero attached hydrogens (tertiary/aromatic N) is 2. The quantitative estimate of drug-likeness (QED) is 0.517. The van der Waals surface area contributed by atoms with E-state index in [1.807, 2.05) is 60.7 Å². The van der Waals surface area contributed by atoms with Gasteiger partial charge in [-0.2, -0.15) is 5.10 Å². The molecule has 0 radical (unpaired) electrons. The van der Waals surface area contributed by atoms with Crippen LogP contribution in [0, 0.1) is 0 Å². The van der Waals surface area contributed by atoms with Crippen molar-refractivity contribution in [3.05, 3.63) is 102 Å². The topological polar surface area (TPSA) is 46.9 Å². The lowest BCUT2D eigenvalue weighted by Gasteiger charge is -2.11. The molecular formula is C22H16ClN3O. The van der Waals surface area contributed by atoms with E-state index in [2.05, 4.69) is 10.4 Å². The molecule has 0 bridgehead atoms. The number of nitrogens with one attached hydrogen (secondary N) is 1. The van der Waals surface area contributed by atoms with E-state index >= 15 is 0 Å². The summed E-state index contributed by atoms with van der Waals surface area (Å²) in [5.74, 6) is -0.238. The normalized spacial score (nSPS) is 10.6. The highest BCUT2D eigenvalue weighted by molar-refractivity contribution is 6.31. The van der Waals surface area contributed by atoms with E-state index in [4.69, 9.17) is 11.6 Å². The van der Waals surface area contributed by atoms with Crippen molar-refractivity contribution < 1.29 is 4.79 Å². The van der Waals surface area contributed by atoms with E-state index in [1.165, 1.54) is 0 Å². The summed E-state index contributed by atoms with van der Waals surface area (Å²) in [4.78, 5) is 13.0. The number of amides is 1. The second kappa shape index (κ2) is 7.48. The molecule has 1 N–H and O–H groups in total. The van der Waals surface area contributed by atoms with E-state index in [0.29, 0.717) is 16.3 Å². The molecular weight excluding hydrogens is 358 g/mol. The third-order valence-electron chi connectivity index (χ3n) is 4.14. The van der Waals surface area contributed by atoms with Crippen LogP contribution in [-0.2, 0) is 0 Å². The Labute approximate surface area is 162 Å². The first-order chi connectivity index (χ1) is 13.2. The molecule has 0 spiro atoms. The molecule has 1 aromatic heterocycles. The molecule has 0 aliphatic rings. The van der Waals surface area contributed by atoms with Crippen LogP contribution in [-0.4, -0.2) is 15.7 Å². The SMILES string of the molecule is O=C(Nc1cccc(Cl)c1)c1cnn(-c2ccccc2)c1-c1ccccc1. The summed E-state index contributed by atoms with van der Waals surface area (Å²) in [7, 11) is 0. The molecule has 5 heteroatoms. The van der Waals surface area contributed by atoms with E-state index in [0.717, 1.165) is 16.9 Å². The van der Waals surface area contributed by atoms with Crippen molar-refractivity contribution in [3.63, 3.8) is 0 Å². The molecule has 0 atom stereocenters. The summed E-state index contributed by atoms with van der Waals surface area (Å²) >= 11 is 6.02. The fraction of sp³-hybridized carbons (Fsp3) is 0. The number of hydrogen-bond donors (Lipinski definition) is 1. The van der Waals surface area contributed by atoms with Crippen molar-refractivity contribution in [2.24, 2.45) is 0 Å². The van der Waals surface area contributed by atoms with Crippen LogP contribution >= 0.6 is 11.6 Å². The lowest BCUT2D eigenvalue weighted by molar-refractivity contribution is 0.102. The smallest absolute Gasteiger partial charge is 0.259 e. The van der Waals surface area contributed by atoms with Crippen LogP contribution in [0.3, 0.4) is 0 Å². The Hall–Kier alpha value is -3.37. The number of para-hydroxylation sites is 1. The van der Waals surface area contributed by atoms with Crippen molar-refractivity contribution in [2.75, 3.05) is 5.32 Å². The zero-order valence-corrected chi connectivity index (χ0v) is 15.1. The molecule has 1 heterocycles. The average molecular weight is 374 g/mol. The Kier molecular flexibility index (Phi) is 4.73. The monoisotopic (exact) mass is 373 g/mol. The first-order valence-electron chi connectivity index (χ1n) is 8.48. The summed E-state index contributed by atoms with van der Waals surface area (Å²) in [6, 6.07) is 26.6. The minimum Gasteiger partial charge on any atom is -0.322 e. The van der Waals surface area contributed by atoms with Gasteiger partial charge in [0.25, 0.3) is 5.91 Å². The minimum atomic E-state index is -0.238. The maximum Gasteiger partial charge on any atom is 0.259 e. The van der Waals surface area contributed by atoms with Gasteiger partial charge in [0.15, 0.2) is 0 Å². The van der Waals surface area contributed by atoms with Crippen molar-refractivity contribution >= 4 is 23.2 Å². The molecule has 4 nitrogen and oxygen atoms in total. The van der Waals surface area contributed by atoms with Gasteiger partial charge in [-0.3, -0.25) is 4.79 Å². The van der Waals surface area contributed by atoms with Crippen LogP contribution < -0.4 is 5.32 Å². The third kappa shape index (κ3) is 3.61. The van der Waals surface area contributed by atoms with Crippen molar-refractivity contribution in [1.82, 2.24) is 9.78 Å². The zero-order chi connectivity index (χ0) is 18.6. The Morgan fingerprint density at radius 3 is 2.30 bits per heavy atom. The minimum absolute atomic E-state index is 0.238. The fourth-order valence-corrected chi connectivity index (χ4v) is 3.11. The maximum atomic E-state index is 13.0. The molecule has 27 heavy (non-hydrogen) atoms. The van der Waals surface area contributed by atoms with Gasteiger partial charge in [-0.1, -0.05) is 66.2 Å². The number of aromatic nitrogens is 2. The summed E-state index contributed by atoms with van der Waals surface area (Å²) in [6.07, 6.45) is 1.59. The molecule has 0 fully saturated rings. The maximum absolute atomic E-state index is 13.0. The van der Waals surface area contributed by atoms with E-state index in [-0.39, 0.29) is 5.91 Å². The van der Waals surface area contributed by atoms with Crippen LogP contribution in [0.15, 0.2) is 91.1 Å². The number of carbonyl (C=O) groups excluding carboxylic acids is 1. The molecule has 132 valence electrons. The van der Waals surface area contributed by atoms with Gasteiger partial charge in [0, 0.05) is 16.3 Å². The van der Waals surface area contributed by atoms with Crippen LogP contribution in [0.4, 0.5) is 5.69 Å². The summed E-state index contributed by atoms with van der Waals surface area (Å²) in [5, 5.41) is 7.94. The first-order valence-corrected chi connectivity index (χ1v) is 8.86. The average Bonchev–Trinajstić information content (AvgIpc) is 3.15. The van der Waals surface area contributed by atoms with Crippen molar-refractivity contribution in [2.45, 2.75) is 0 Å². The van der Waals surface area contributed by atoms with Crippen molar-refractivity contribution in [3.8, 4) is 16.9 Å². The molecule has 1 amide bonds. The molecule has 0 saturated carbocycles. The van der Waals surface area contributed by atoms with E-state index in [9.17, 15) is 4.79 Å². The Morgan fingerprint density at radius 2 is 1.59 bits per heavy atom. The number of hydrogen-bond acceptors (Lipinski definition) is 2. The van der Waals surface area contributed by atoms with Crippen LogP contribution in [0.25, 0.3) is 16.9 Å². The highest BCUT2D eigenvalue weighted by Crippen LogP contribution is 2.27. The first kappa shape index (κ1) is 17.1. The molecule has 4 rings (SSSR count). The van der Waals surface area contributed by atoms with Gasteiger partial charge < -0.3 is 5.32 Å². The van der Waals surface area contributed by atoms with Gasteiger partial charge in [0.2, 0.25) is 0 Å². The zero-order valence-electron chi connectivity index (χ0n) is 14.3. The van der Waals surface area contributed by atoms with E-state index < -0.39 is 0 Å². The lowest BCUT2D eigenvalue weighted by Crippen LogP contribution is -2.13. The molecule has 0 aliphatic heterocycles. The standard InChI is InChI=1S/C22H16ClN3O/c23-17-10-7-11-18(14-17)25-22(27)20-15-24-26(19-12-5-2-6-13-19)21(20)16-8-3-1-4-9-16/h1-15H,(H,25,27). The number of halogens is 1. The van der Waals surface area contributed by atoms with Gasteiger partial charge in [0.05, 0.1) is 23.1 Å². The summed E-state index contributed by atoms with van der Waals surface area (Å²) in [5.41, 5.74) is 3.67. The lowest BCUT2D eigenvalue weighted by atomic mass is 10.1. The van der Waals surface area contributed by atoms with Gasteiger partial charge >= 0.3 is 0 Å². The highest BCUT2D eigenvalue weighted by Gasteiger charge is 2.20. The molecule has 3 aromatic carbocycles.